The van der Waals surface area contributed by atoms with Crippen molar-refractivity contribution in [3.63, 3.8) is 0 Å². The molecule has 27 heavy (non-hydrogen) atoms. The molecule has 0 saturated carbocycles. The molecule has 1 aromatic carbocycles. The third kappa shape index (κ3) is 5.32. The van der Waals surface area contributed by atoms with Crippen molar-refractivity contribution >= 4 is 11.8 Å². The first-order valence-electron chi connectivity index (χ1n) is 9.98. The van der Waals surface area contributed by atoms with E-state index < -0.39 is 5.54 Å². The fourth-order valence-electron chi connectivity index (χ4n) is 3.61. The van der Waals surface area contributed by atoms with Gasteiger partial charge in [0, 0.05) is 26.2 Å². The number of rotatable bonds is 6. The number of hydrogen-bond donors (Lipinski definition) is 1. The van der Waals surface area contributed by atoms with Gasteiger partial charge in [-0.15, -0.1) is 0 Å². The predicted octanol–water partition coefficient (Wildman–Crippen LogP) is 3.12. The molecule has 5 heteroatoms. The first-order chi connectivity index (χ1) is 12.6. The number of carbonyl (C=O) groups excluding carboxylic acids is 2. The lowest BCUT2D eigenvalue weighted by Crippen LogP contribution is -2.57. The molecule has 150 valence electrons. The summed E-state index contributed by atoms with van der Waals surface area (Å²) in [6, 6.07) is 8.00. The molecule has 1 fully saturated rings. The lowest BCUT2D eigenvalue weighted by Gasteiger charge is -2.42. The number of nitrogens with zero attached hydrogens (tertiary/aromatic N) is 2. The minimum Gasteiger partial charge on any atom is -0.354 e. The van der Waals surface area contributed by atoms with Crippen LogP contribution in [0.2, 0.25) is 0 Å². The number of likely N-dealkylation sites (tertiary alicyclic amines) is 1. The highest BCUT2D eigenvalue weighted by atomic mass is 16.2. The summed E-state index contributed by atoms with van der Waals surface area (Å²) in [5.74, 6) is 1.03. The molecule has 0 aliphatic carbocycles. The first kappa shape index (κ1) is 21.4. The van der Waals surface area contributed by atoms with Gasteiger partial charge in [-0.05, 0) is 69.3 Å². The molecular weight excluding hydrogens is 338 g/mol. The second-order valence-electron chi connectivity index (χ2n) is 8.75. The Kier molecular flexibility index (Phi) is 7.04. The van der Waals surface area contributed by atoms with Crippen LogP contribution in [0.3, 0.4) is 0 Å². The molecule has 0 bridgehead atoms. The zero-order valence-electron chi connectivity index (χ0n) is 17.7. The monoisotopic (exact) mass is 373 g/mol. The molecule has 1 N–H and O–H groups in total. The molecule has 2 rings (SSSR count). The Morgan fingerprint density at radius 2 is 1.85 bits per heavy atom. The van der Waals surface area contributed by atoms with Crippen molar-refractivity contribution in [2.24, 2.45) is 5.92 Å². The molecule has 0 aromatic heterocycles. The second kappa shape index (κ2) is 8.87. The molecule has 0 atom stereocenters. The quantitative estimate of drug-likeness (QED) is 0.834. The molecule has 1 heterocycles. The zero-order chi connectivity index (χ0) is 20.2. The lowest BCUT2D eigenvalue weighted by molar-refractivity contribution is -0.132. The topological polar surface area (TPSA) is 52.7 Å². The highest BCUT2D eigenvalue weighted by molar-refractivity contribution is 5.94. The molecule has 1 aliphatic rings. The Bertz CT molecular complexity index is 659. The SMILES string of the molecule is CC(C)CNC(=O)C(C)(C)N1CCC(c2cccc(C(=O)N(C)C)c2)CC1. The van der Waals surface area contributed by atoms with E-state index in [1.807, 2.05) is 32.0 Å². The van der Waals surface area contributed by atoms with Gasteiger partial charge in [-0.1, -0.05) is 26.0 Å². The number of carbonyl (C=O) groups is 2. The van der Waals surface area contributed by atoms with E-state index in [-0.39, 0.29) is 11.8 Å². The Hall–Kier alpha value is -1.88. The van der Waals surface area contributed by atoms with Gasteiger partial charge in [0.05, 0.1) is 5.54 Å². The Morgan fingerprint density at radius 1 is 1.22 bits per heavy atom. The standard InChI is InChI=1S/C22H35N3O2/c1-16(2)15-23-21(27)22(3,4)25-12-10-17(11-13-25)18-8-7-9-19(14-18)20(26)24(5)6/h7-9,14,16-17H,10-13,15H2,1-6H3,(H,23,27). The van der Waals surface area contributed by atoms with Crippen molar-refractivity contribution < 1.29 is 9.59 Å². The van der Waals surface area contributed by atoms with Crippen molar-refractivity contribution in [2.45, 2.75) is 52.0 Å². The fourth-order valence-corrected chi connectivity index (χ4v) is 3.61. The Labute approximate surface area is 164 Å². The van der Waals surface area contributed by atoms with Gasteiger partial charge in [-0.3, -0.25) is 14.5 Å². The van der Waals surface area contributed by atoms with Gasteiger partial charge in [-0.25, -0.2) is 0 Å². The molecule has 0 spiro atoms. The second-order valence-corrected chi connectivity index (χ2v) is 8.75. The summed E-state index contributed by atoms with van der Waals surface area (Å²) < 4.78 is 0. The molecule has 1 saturated heterocycles. The summed E-state index contributed by atoms with van der Waals surface area (Å²) in [7, 11) is 3.56. The van der Waals surface area contributed by atoms with Crippen molar-refractivity contribution in [1.82, 2.24) is 15.1 Å². The fraction of sp³-hybridized carbons (Fsp3) is 0.636. The van der Waals surface area contributed by atoms with Crippen molar-refractivity contribution in [2.75, 3.05) is 33.7 Å². The van der Waals surface area contributed by atoms with Crippen molar-refractivity contribution in [1.29, 1.82) is 0 Å². The van der Waals surface area contributed by atoms with Crippen LogP contribution in [-0.4, -0.2) is 60.9 Å². The number of hydrogen-bond acceptors (Lipinski definition) is 3. The van der Waals surface area contributed by atoms with Crippen LogP contribution in [0, 0.1) is 5.92 Å². The molecule has 0 unspecified atom stereocenters. The molecule has 0 radical (unpaired) electrons. The smallest absolute Gasteiger partial charge is 0.253 e. The van der Waals surface area contributed by atoms with E-state index in [2.05, 4.69) is 30.1 Å². The van der Waals surface area contributed by atoms with Crippen LogP contribution in [-0.2, 0) is 4.79 Å². The van der Waals surface area contributed by atoms with Gasteiger partial charge < -0.3 is 10.2 Å². The maximum atomic E-state index is 12.6. The van der Waals surface area contributed by atoms with Crippen molar-refractivity contribution in [3.05, 3.63) is 35.4 Å². The highest BCUT2D eigenvalue weighted by Crippen LogP contribution is 2.31. The lowest BCUT2D eigenvalue weighted by atomic mass is 9.86. The predicted molar refractivity (Wildman–Crippen MR) is 110 cm³/mol. The third-order valence-corrected chi connectivity index (χ3v) is 5.52. The van der Waals surface area contributed by atoms with Gasteiger partial charge in [-0.2, -0.15) is 0 Å². The van der Waals surface area contributed by atoms with Crippen LogP contribution in [0.1, 0.15) is 62.4 Å². The van der Waals surface area contributed by atoms with Gasteiger partial charge in [0.2, 0.25) is 5.91 Å². The van der Waals surface area contributed by atoms with E-state index >= 15 is 0 Å². The van der Waals surface area contributed by atoms with E-state index in [9.17, 15) is 9.59 Å². The number of piperidine rings is 1. The zero-order valence-corrected chi connectivity index (χ0v) is 17.7. The van der Waals surface area contributed by atoms with Crippen LogP contribution in [0.15, 0.2) is 24.3 Å². The summed E-state index contributed by atoms with van der Waals surface area (Å²) in [6.07, 6.45) is 2.00. The minimum absolute atomic E-state index is 0.0391. The van der Waals surface area contributed by atoms with Crippen LogP contribution in [0.25, 0.3) is 0 Å². The molecule has 5 nitrogen and oxygen atoms in total. The largest absolute Gasteiger partial charge is 0.354 e. The van der Waals surface area contributed by atoms with E-state index in [4.69, 9.17) is 0 Å². The van der Waals surface area contributed by atoms with E-state index in [0.29, 0.717) is 18.4 Å². The third-order valence-electron chi connectivity index (χ3n) is 5.52. The van der Waals surface area contributed by atoms with E-state index in [1.165, 1.54) is 5.56 Å². The maximum Gasteiger partial charge on any atom is 0.253 e. The van der Waals surface area contributed by atoms with Crippen LogP contribution >= 0.6 is 0 Å². The number of nitrogens with one attached hydrogen (secondary N) is 1. The average Bonchev–Trinajstić information content (AvgIpc) is 2.65. The maximum absolute atomic E-state index is 12.6. The van der Waals surface area contributed by atoms with Crippen LogP contribution < -0.4 is 5.32 Å². The van der Waals surface area contributed by atoms with Crippen molar-refractivity contribution in [3.8, 4) is 0 Å². The summed E-state index contributed by atoms with van der Waals surface area (Å²) in [6.45, 7) is 10.7. The van der Waals surface area contributed by atoms with Crippen LogP contribution in [0.4, 0.5) is 0 Å². The van der Waals surface area contributed by atoms with E-state index in [1.54, 1.807) is 19.0 Å². The van der Waals surface area contributed by atoms with Gasteiger partial charge in [0.15, 0.2) is 0 Å². The number of amides is 2. The van der Waals surface area contributed by atoms with E-state index in [0.717, 1.165) is 31.5 Å². The van der Waals surface area contributed by atoms with Crippen LogP contribution in [0.5, 0.6) is 0 Å². The summed E-state index contributed by atoms with van der Waals surface area (Å²) >= 11 is 0. The molecule has 1 aliphatic heterocycles. The minimum atomic E-state index is -0.497. The molecular formula is C22H35N3O2. The van der Waals surface area contributed by atoms with Gasteiger partial charge in [0.25, 0.3) is 5.91 Å². The molecule has 1 aromatic rings. The highest BCUT2D eigenvalue weighted by Gasteiger charge is 2.36. The Morgan fingerprint density at radius 3 is 2.41 bits per heavy atom. The summed E-state index contributed by atoms with van der Waals surface area (Å²) in [5.41, 5.74) is 1.47. The summed E-state index contributed by atoms with van der Waals surface area (Å²) in [5, 5.41) is 3.07. The summed E-state index contributed by atoms with van der Waals surface area (Å²) in [4.78, 5) is 28.7. The number of benzene rings is 1. The first-order valence-corrected chi connectivity index (χ1v) is 9.98. The van der Waals surface area contributed by atoms with Gasteiger partial charge in [0.1, 0.15) is 0 Å². The normalized spacial score (nSPS) is 16.4. The van der Waals surface area contributed by atoms with Gasteiger partial charge >= 0.3 is 0 Å². The molecule has 2 amide bonds. The average molecular weight is 374 g/mol. The Balaban J connectivity index is 2.00.